The van der Waals surface area contributed by atoms with Gasteiger partial charge in [0.1, 0.15) is 11.5 Å². The second kappa shape index (κ2) is 7.39. The minimum Gasteiger partial charge on any atom is -0.497 e. The number of carbonyl (C=O) groups excluding carboxylic acids is 1. The van der Waals surface area contributed by atoms with E-state index in [-0.39, 0.29) is 12.5 Å². The van der Waals surface area contributed by atoms with Gasteiger partial charge >= 0.3 is 0 Å². The number of nitrogens with zero attached hydrogens (tertiary/aromatic N) is 1. The Balaban J connectivity index is 1.53. The van der Waals surface area contributed by atoms with Gasteiger partial charge in [-0.15, -0.1) is 0 Å². The molecule has 2 aromatic carbocycles. The fraction of sp³-hybridized carbons (Fsp3) is 0.350. The van der Waals surface area contributed by atoms with Crippen LogP contribution in [0.2, 0.25) is 0 Å². The highest BCUT2D eigenvalue weighted by Crippen LogP contribution is 2.28. The van der Waals surface area contributed by atoms with E-state index in [0.717, 1.165) is 36.6 Å². The summed E-state index contributed by atoms with van der Waals surface area (Å²) in [5.41, 5.74) is 2.38. The van der Waals surface area contributed by atoms with Crippen molar-refractivity contribution in [3.63, 3.8) is 0 Å². The van der Waals surface area contributed by atoms with Gasteiger partial charge in [0.05, 0.1) is 7.11 Å². The number of benzene rings is 2. The molecule has 24 heavy (non-hydrogen) atoms. The fourth-order valence-electron chi connectivity index (χ4n) is 3.08. The van der Waals surface area contributed by atoms with E-state index in [1.165, 1.54) is 5.56 Å². The molecule has 1 aliphatic heterocycles. The first-order valence-electron chi connectivity index (χ1n) is 8.27. The summed E-state index contributed by atoms with van der Waals surface area (Å²) in [6.07, 6.45) is 0.989. The van der Waals surface area contributed by atoms with Crippen molar-refractivity contribution in [1.29, 1.82) is 0 Å². The van der Waals surface area contributed by atoms with Crippen molar-refractivity contribution < 1.29 is 14.3 Å². The Morgan fingerprint density at radius 2 is 1.96 bits per heavy atom. The average molecular weight is 325 g/mol. The topological polar surface area (TPSA) is 38.8 Å². The quantitative estimate of drug-likeness (QED) is 0.846. The van der Waals surface area contributed by atoms with E-state index in [4.69, 9.17) is 9.47 Å². The number of hydrogen-bond donors (Lipinski definition) is 0. The average Bonchev–Trinajstić information content (AvgIpc) is 3.10. The number of methoxy groups -OCH3 is 1. The SMILES string of the molecule is COc1ccc(C2CCN(C(=O)COc3cccc(C)c3)C2)cc1. The lowest BCUT2D eigenvalue weighted by atomic mass is 9.98. The van der Waals surface area contributed by atoms with Gasteiger partial charge in [0.15, 0.2) is 6.61 Å². The Morgan fingerprint density at radius 1 is 1.17 bits per heavy atom. The molecule has 4 heteroatoms. The molecular weight excluding hydrogens is 302 g/mol. The summed E-state index contributed by atoms with van der Waals surface area (Å²) in [6.45, 7) is 3.64. The molecule has 4 nitrogen and oxygen atoms in total. The summed E-state index contributed by atoms with van der Waals surface area (Å²) < 4.78 is 10.8. The molecule has 0 saturated carbocycles. The smallest absolute Gasteiger partial charge is 0.260 e. The largest absolute Gasteiger partial charge is 0.497 e. The van der Waals surface area contributed by atoms with Crippen molar-refractivity contribution in [2.45, 2.75) is 19.3 Å². The van der Waals surface area contributed by atoms with E-state index < -0.39 is 0 Å². The molecule has 126 valence electrons. The predicted octanol–water partition coefficient (Wildman–Crippen LogP) is 3.40. The summed E-state index contributed by atoms with van der Waals surface area (Å²) >= 11 is 0. The molecule has 1 heterocycles. The Kier molecular flexibility index (Phi) is 5.04. The number of hydrogen-bond acceptors (Lipinski definition) is 3. The highest BCUT2D eigenvalue weighted by atomic mass is 16.5. The number of ether oxygens (including phenoxy) is 2. The monoisotopic (exact) mass is 325 g/mol. The third kappa shape index (κ3) is 3.88. The number of aryl methyl sites for hydroxylation is 1. The van der Waals surface area contributed by atoms with Crippen LogP contribution in [0.15, 0.2) is 48.5 Å². The minimum absolute atomic E-state index is 0.0486. The van der Waals surface area contributed by atoms with Gasteiger partial charge in [0.2, 0.25) is 0 Å². The van der Waals surface area contributed by atoms with Gasteiger partial charge in [0.25, 0.3) is 5.91 Å². The molecule has 1 aliphatic rings. The van der Waals surface area contributed by atoms with E-state index >= 15 is 0 Å². The molecular formula is C20H23NO3. The van der Waals surface area contributed by atoms with Gasteiger partial charge in [-0.3, -0.25) is 4.79 Å². The Bertz CT molecular complexity index is 696. The first-order valence-corrected chi connectivity index (χ1v) is 8.27. The zero-order valence-electron chi connectivity index (χ0n) is 14.2. The van der Waals surface area contributed by atoms with Crippen LogP contribution in [0, 0.1) is 6.92 Å². The third-order valence-electron chi connectivity index (χ3n) is 4.48. The number of likely N-dealkylation sites (tertiary alicyclic amines) is 1. The summed E-state index contributed by atoms with van der Waals surface area (Å²) in [7, 11) is 1.67. The van der Waals surface area contributed by atoms with E-state index in [2.05, 4.69) is 12.1 Å². The zero-order valence-corrected chi connectivity index (χ0v) is 14.2. The number of amides is 1. The van der Waals surface area contributed by atoms with Crippen molar-refractivity contribution in [2.75, 3.05) is 26.8 Å². The summed E-state index contributed by atoms with van der Waals surface area (Å²) in [4.78, 5) is 14.3. The highest BCUT2D eigenvalue weighted by molar-refractivity contribution is 5.78. The van der Waals surface area contributed by atoms with Crippen LogP contribution in [-0.4, -0.2) is 37.6 Å². The molecule has 0 N–H and O–H groups in total. The second-order valence-electron chi connectivity index (χ2n) is 6.20. The van der Waals surface area contributed by atoms with Crippen LogP contribution in [0.3, 0.4) is 0 Å². The van der Waals surface area contributed by atoms with Gasteiger partial charge in [-0.2, -0.15) is 0 Å². The predicted molar refractivity (Wildman–Crippen MR) is 93.6 cm³/mol. The minimum atomic E-state index is 0.0486. The van der Waals surface area contributed by atoms with E-state index in [9.17, 15) is 4.79 Å². The molecule has 1 atom stereocenters. The third-order valence-corrected chi connectivity index (χ3v) is 4.48. The highest BCUT2D eigenvalue weighted by Gasteiger charge is 2.27. The van der Waals surface area contributed by atoms with Gasteiger partial charge in [0, 0.05) is 19.0 Å². The second-order valence-corrected chi connectivity index (χ2v) is 6.20. The van der Waals surface area contributed by atoms with E-state index in [1.807, 2.05) is 48.2 Å². The van der Waals surface area contributed by atoms with Crippen molar-refractivity contribution in [1.82, 2.24) is 4.90 Å². The molecule has 0 spiro atoms. The van der Waals surface area contributed by atoms with Crippen molar-refractivity contribution >= 4 is 5.91 Å². The molecule has 1 amide bonds. The molecule has 2 aromatic rings. The lowest BCUT2D eigenvalue weighted by Crippen LogP contribution is -2.32. The van der Waals surface area contributed by atoms with Crippen LogP contribution in [0.25, 0.3) is 0 Å². The number of rotatable bonds is 5. The maximum absolute atomic E-state index is 12.4. The summed E-state index contributed by atoms with van der Waals surface area (Å²) in [5, 5.41) is 0. The maximum atomic E-state index is 12.4. The van der Waals surface area contributed by atoms with Crippen LogP contribution < -0.4 is 9.47 Å². The molecule has 1 fully saturated rings. The van der Waals surface area contributed by atoms with Crippen molar-refractivity contribution in [2.24, 2.45) is 0 Å². The number of carbonyl (C=O) groups is 1. The first-order chi connectivity index (χ1) is 11.7. The van der Waals surface area contributed by atoms with Crippen molar-refractivity contribution in [3.05, 3.63) is 59.7 Å². The molecule has 0 aliphatic carbocycles. The lowest BCUT2D eigenvalue weighted by Gasteiger charge is -2.17. The Morgan fingerprint density at radius 3 is 2.67 bits per heavy atom. The molecule has 1 unspecified atom stereocenters. The lowest BCUT2D eigenvalue weighted by molar-refractivity contribution is -0.132. The first kappa shape index (κ1) is 16.4. The van der Waals surface area contributed by atoms with Crippen LogP contribution in [-0.2, 0) is 4.79 Å². The molecule has 0 bridgehead atoms. The summed E-state index contributed by atoms with van der Waals surface area (Å²) in [6, 6.07) is 15.9. The standard InChI is InChI=1S/C20H23NO3/c1-15-4-3-5-19(12-15)24-14-20(22)21-11-10-17(13-21)16-6-8-18(23-2)9-7-16/h3-9,12,17H,10-11,13-14H2,1-2H3. The Hall–Kier alpha value is -2.49. The molecule has 0 aromatic heterocycles. The van der Waals surface area contributed by atoms with Crippen LogP contribution >= 0.6 is 0 Å². The van der Waals surface area contributed by atoms with Gasteiger partial charge < -0.3 is 14.4 Å². The molecule has 0 radical (unpaired) electrons. The fourth-order valence-corrected chi connectivity index (χ4v) is 3.08. The normalized spacial score (nSPS) is 16.9. The van der Waals surface area contributed by atoms with Gasteiger partial charge in [-0.1, -0.05) is 24.3 Å². The van der Waals surface area contributed by atoms with Crippen LogP contribution in [0.4, 0.5) is 0 Å². The van der Waals surface area contributed by atoms with E-state index in [0.29, 0.717) is 5.92 Å². The summed E-state index contributed by atoms with van der Waals surface area (Å²) in [5.74, 6) is 2.04. The molecule has 3 rings (SSSR count). The molecule has 1 saturated heterocycles. The van der Waals surface area contributed by atoms with Crippen LogP contribution in [0.1, 0.15) is 23.5 Å². The van der Waals surface area contributed by atoms with Gasteiger partial charge in [-0.25, -0.2) is 0 Å². The van der Waals surface area contributed by atoms with E-state index in [1.54, 1.807) is 7.11 Å². The van der Waals surface area contributed by atoms with Crippen molar-refractivity contribution in [3.8, 4) is 11.5 Å². The van der Waals surface area contributed by atoms with Gasteiger partial charge in [-0.05, 0) is 48.7 Å². The Labute approximate surface area is 143 Å². The maximum Gasteiger partial charge on any atom is 0.260 e. The van der Waals surface area contributed by atoms with Crippen LogP contribution in [0.5, 0.6) is 11.5 Å². The zero-order chi connectivity index (χ0) is 16.9.